The van der Waals surface area contributed by atoms with E-state index < -0.39 is 11.6 Å². The van der Waals surface area contributed by atoms with Gasteiger partial charge in [0.15, 0.2) is 0 Å². The molecule has 1 aliphatic carbocycles. The Bertz CT molecular complexity index is 873. The van der Waals surface area contributed by atoms with E-state index in [2.05, 4.69) is 28.4 Å². The van der Waals surface area contributed by atoms with Crippen LogP contribution in [-0.2, 0) is 23.2 Å². The predicted molar refractivity (Wildman–Crippen MR) is 111 cm³/mol. The quantitative estimate of drug-likeness (QED) is 0.814. The summed E-state index contributed by atoms with van der Waals surface area (Å²) in [7, 11) is 0. The minimum atomic E-state index is -0.514. The largest absolute Gasteiger partial charge is 0.387 e. The third kappa shape index (κ3) is 4.36. The molecule has 0 bridgehead atoms. The van der Waals surface area contributed by atoms with E-state index in [-0.39, 0.29) is 11.7 Å². The average Bonchev–Trinajstić information content (AvgIpc) is 3.17. The monoisotopic (exact) mass is 396 g/mol. The van der Waals surface area contributed by atoms with Crippen molar-refractivity contribution in [1.82, 2.24) is 10.2 Å². The van der Waals surface area contributed by atoms with Crippen LogP contribution < -0.4 is 5.32 Å². The number of aliphatic hydroxyl groups is 1. The summed E-state index contributed by atoms with van der Waals surface area (Å²) < 4.78 is 13.4. The number of likely N-dealkylation sites (tertiary alicyclic amines) is 1. The number of aryl methyl sites for hydroxylation is 2. The van der Waals surface area contributed by atoms with E-state index >= 15 is 0 Å². The first-order valence-corrected chi connectivity index (χ1v) is 10.5. The van der Waals surface area contributed by atoms with Crippen molar-refractivity contribution in [3.8, 4) is 0 Å². The standard InChI is InChI=1S/C24H29FN2O2/c1-17(28)26-24(21-7-9-22(25)10-8-21)11-13-27(14-12-24)16-23(29)20-6-5-18-3-2-4-19(18)15-20/h5-10,15,23,29H,2-4,11-14,16H2,1H3,(H,26,28). The minimum absolute atomic E-state index is 0.0825. The highest BCUT2D eigenvalue weighted by atomic mass is 19.1. The van der Waals surface area contributed by atoms with Gasteiger partial charge in [-0.05, 0) is 66.5 Å². The molecular weight excluding hydrogens is 367 g/mol. The number of aliphatic hydroxyl groups excluding tert-OH is 1. The summed E-state index contributed by atoms with van der Waals surface area (Å²) in [5.41, 5.74) is 4.24. The topological polar surface area (TPSA) is 52.6 Å². The molecule has 0 aromatic heterocycles. The summed E-state index contributed by atoms with van der Waals surface area (Å²) in [4.78, 5) is 14.1. The third-order valence-corrected chi connectivity index (χ3v) is 6.46. The van der Waals surface area contributed by atoms with Crippen molar-refractivity contribution >= 4 is 5.91 Å². The SMILES string of the molecule is CC(=O)NC1(c2ccc(F)cc2)CCN(CC(O)c2ccc3c(c2)CCC3)CC1. The van der Waals surface area contributed by atoms with Crippen LogP contribution in [0.25, 0.3) is 0 Å². The Balaban J connectivity index is 1.42. The first-order chi connectivity index (χ1) is 13.9. The maximum atomic E-state index is 13.4. The Morgan fingerprint density at radius 3 is 2.52 bits per heavy atom. The van der Waals surface area contributed by atoms with Gasteiger partial charge in [-0.1, -0.05) is 30.3 Å². The Hall–Kier alpha value is -2.24. The van der Waals surface area contributed by atoms with Crippen molar-refractivity contribution in [2.45, 2.75) is 50.7 Å². The second kappa shape index (κ2) is 8.25. The number of rotatable bonds is 5. The number of carbonyl (C=O) groups is 1. The zero-order valence-electron chi connectivity index (χ0n) is 17.0. The zero-order valence-corrected chi connectivity index (χ0v) is 17.0. The number of benzene rings is 2. The first kappa shape index (κ1) is 20.0. The van der Waals surface area contributed by atoms with Crippen molar-refractivity contribution in [1.29, 1.82) is 0 Å². The minimum Gasteiger partial charge on any atom is -0.387 e. The van der Waals surface area contributed by atoms with Crippen LogP contribution in [0.1, 0.15) is 54.5 Å². The summed E-state index contributed by atoms with van der Waals surface area (Å²) in [5.74, 6) is -0.359. The summed E-state index contributed by atoms with van der Waals surface area (Å²) >= 11 is 0. The van der Waals surface area contributed by atoms with E-state index in [1.54, 1.807) is 12.1 Å². The molecule has 1 heterocycles. The van der Waals surface area contributed by atoms with Crippen molar-refractivity contribution < 1.29 is 14.3 Å². The molecule has 2 N–H and O–H groups in total. The van der Waals surface area contributed by atoms with Gasteiger partial charge in [0.25, 0.3) is 0 Å². The van der Waals surface area contributed by atoms with Crippen molar-refractivity contribution in [2.24, 2.45) is 0 Å². The van der Waals surface area contributed by atoms with Crippen LogP contribution in [0.4, 0.5) is 4.39 Å². The number of hydrogen-bond acceptors (Lipinski definition) is 3. The smallest absolute Gasteiger partial charge is 0.217 e. The molecule has 5 heteroatoms. The lowest BCUT2D eigenvalue weighted by molar-refractivity contribution is -0.121. The van der Waals surface area contributed by atoms with Crippen LogP contribution in [-0.4, -0.2) is 35.5 Å². The number of piperidine rings is 1. The number of halogens is 1. The average molecular weight is 397 g/mol. The Morgan fingerprint density at radius 2 is 1.83 bits per heavy atom. The maximum absolute atomic E-state index is 13.4. The number of carbonyl (C=O) groups excluding carboxylic acids is 1. The van der Waals surface area contributed by atoms with Crippen LogP contribution in [0.15, 0.2) is 42.5 Å². The van der Waals surface area contributed by atoms with E-state index in [1.807, 2.05) is 0 Å². The van der Waals surface area contributed by atoms with E-state index in [4.69, 9.17) is 0 Å². The zero-order chi connectivity index (χ0) is 20.4. The molecule has 1 saturated heterocycles. The number of nitrogens with zero attached hydrogens (tertiary/aromatic N) is 1. The lowest BCUT2D eigenvalue weighted by atomic mass is 9.80. The van der Waals surface area contributed by atoms with Gasteiger partial charge in [-0.2, -0.15) is 0 Å². The molecule has 2 aromatic carbocycles. The molecule has 1 unspecified atom stereocenters. The van der Waals surface area contributed by atoms with Crippen molar-refractivity contribution in [2.75, 3.05) is 19.6 Å². The molecule has 29 heavy (non-hydrogen) atoms. The fourth-order valence-electron chi connectivity index (χ4n) is 4.86. The van der Waals surface area contributed by atoms with Crippen molar-refractivity contribution in [3.05, 3.63) is 70.5 Å². The summed E-state index contributed by atoms with van der Waals surface area (Å²) in [6, 6.07) is 12.8. The Labute approximate surface area is 171 Å². The molecule has 0 radical (unpaired) electrons. The second-order valence-electron chi connectivity index (χ2n) is 8.47. The molecule has 1 aliphatic heterocycles. The molecule has 1 amide bonds. The number of β-amino-alcohol motifs (C(OH)–C–C–N with tert-alkyl or cyclic N) is 1. The van der Waals surface area contributed by atoms with Crippen molar-refractivity contribution in [3.63, 3.8) is 0 Å². The van der Waals surface area contributed by atoms with Gasteiger partial charge in [-0.3, -0.25) is 4.79 Å². The molecule has 1 fully saturated rings. The van der Waals surface area contributed by atoms with Gasteiger partial charge >= 0.3 is 0 Å². The summed E-state index contributed by atoms with van der Waals surface area (Å²) in [6.07, 6.45) is 4.41. The highest BCUT2D eigenvalue weighted by Crippen LogP contribution is 2.34. The number of nitrogens with one attached hydrogen (secondary N) is 1. The molecule has 2 aromatic rings. The molecule has 4 nitrogen and oxygen atoms in total. The molecule has 1 atom stereocenters. The van der Waals surface area contributed by atoms with Gasteiger partial charge < -0.3 is 15.3 Å². The normalized spacial score (nSPS) is 19.6. The van der Waals surface area contributed by atoms with Crippen LogP contribution in [0.5, 0.6) is 0 Å². The molecule has 2 aliphatic rings. The highest BCUT2D eigenvalue weighted by molar-refractivity contribution is 5.74. The first-order valence-electron chi connectivity index (χ1n) is 10.5. The predicted octanol–water partition coefficient (Wildman–Crippen LogP) is 3.48. The van der Waals surface area contributed by atoms with Gasteiger partial charge in [-0.15, -0.1) is 0 Å². The van der Waals surface area contributed by atoms with Crippen LogP contribution in [0.2, 0.25) is 0 Å². The number of fused-ring (bicyclic) bond motifs is 1. The lowest BCUT2D eigenvalue weighted by Crippen LogP contribution is -2.53. The number of hydrogen-bond donors (Lipinski definition) is 2. The Kier molecular flexibility index (Phi) is 5.70. The molecule has 4 rings (SSSR count). The molecular formula is C24H29FN2O2. The van der Waals surface area contributed by atoms with Crippen LogP contribution >= 0.6 is 0 Å². The molecule has 0 spiro atoms. The van der Waals surface area contributed by atoms with E-state index in [0.29, 0.717) is 6.54 Å². The Morgan fingerprint density at radius 1 is 1.14 bits per heavy atom. The van der Waals surface area contributed by atoms with Crippen LogP contribution in [0.3, 0.4) is 0 Å². The van der Waals surface area contributed by atoms with Gasteiger partial charge in [-0.25, -0.2) is 4.39 Å². The molecule has 0 saturated carbocycles. The van der Waals surface area contributed by atoms with E-state index in [0.717, 1.165) is 49.9 Å². The van der Waals surface area contributed by atoms with Gasteiger partial charge in [0.05, 0.1) is 11.6 Å². The van der Waals surface area contributed by atoms with Crippen LogP contribution in [0, 0.1) is 5.82 Å². The maximum Gasteiger partial charge on any atom is 0.217 e. The fraction of sp³-hybridized carbons (Fsp3) is 0.458. The molecule has 154 valence electrons. The van der Waals surface area contributed by atoms with E-state index in [9.17, 15) is 14.3 Å². The number of amides is 1. The summed E-state index contributed by atoms with van der Waals surface area (Å²) in [6.45, 7) is 3.63. The van der Waals surface area contributed by atoms with Gasteiger partial charge in [0.1, 0.15) is 5.82 Å². The summed E-state index contributed by atoms with van der Waals surface area (Å²) in [5, 5.41) is 13.9. The lowest BCUT2D eigenvalue weighted by Gasteiger charge is -2.43. The fourth-order valence-corrected chi connectivity index (χ4v) is 4.86. The van der Waals surface area contributed by atoms with Gasteiger partial charge in [0.2, 0.25) is 5.91 Å². The third-order valence-electron chi connectivity index (χ3n) is 6.46. The highest BCUT2D eigenvalue weighted by Gasteiger charge is 2.37. The second-order valence-corrected chi connectivity index (χ2v) is 8.47. The van der Waals surface area contributed by atoms with E-state index in [1.165, 1.54) is 36.6 Å². The van der Waals surface area contributed by atoms with Gasteiger partial charge in [0, 0.05) is 26.6 Å².